The lowest BCUT2D eigenvalue weighted by atomic mass is 9.53. The lowest BCUT2D eigenvalue weighted by Gasteiger charge is -2.56. The number of nitro benzene ring substituents is 1. The molecule has 1 aliphatic heterocycles. The van der Waals surface area contributed by atoms with Crippen molar-refractivity contribution in [1.82, 2.24) is 10.6 Å². The molecule has 5 aliphatic rings. The summed E-state index contributed by atoms with van der Waals surface area (Å²) in [5.74, 6) is 0.403. The molecule has 2 N–H and O–H groups in total. The first-order valence-corrected chi connectivity index (χ1v) is 12.1. The van der Waals surface area contributed by atoms with Crippen molar-refractivity contribution in [2.45, 2.75) is 56.9 Å². The number of ether oxygens (including phenoxy) is 1. The van der Waals surface area contributed by atoms with E-state index >= 15 is 0 Å². The Morgan fingerprint density at radius 2 is 1.68 bits per heavy atom. The first kappa shape index (κ1) is 22.6. The van der Waals surface area contributed by atoms with Crippen molar-refractivity contribution >= 4 is 29.3 Å². The molecule has 182 valence electrons. The number of carbonyl (C=O) groups excluding carboxylic acids is 3. The number of hydrogen-bond donors (Lipinski definition) is 2. The van der Waals surface area contributed by atoms with Crippen molar-refractivity contribution in [2.24, 2.45) is 17.8 Å². The van der Waals surface area contributed by atoms with Gasteiger partial charge in [-0.1, -0.05) is 0 Å². The number of nitrogens with zero attached hydrogens (tertiary/aromatic N) is 2. The maximum atomic E-state index is 12.7. The van der Waals surface area contributed by atoms with Gasteiger partial charge < -0.3 is 15.0 Å². The van der Waals surface area contributed by atoms with Gasteiger partial charge in [-0.05, 0) is 75.2 Å². The molecule has 1 aromatic rings. The monoisotopic (exact) mass is 470 g/mol. The Bertz CT molecular complexity index is 983. The van der Waals surface area contributed by atoms with E-state index in [0.717, 1.165) is 45.2 Å². The Kier molecular flexibility index (Phi) is 5.91. The van der Waals surface area contributed by atoms with Gasteiger partial charge in [0, 0.05) is 30.8 Å². The molecule has 0 aromatic heterocycles. The van der Waals surface area contributed by atoms with E-state index in [-0.39, 0.29) is 16.8 Å². The van der Waals surface area contributed by atoms with Gasteiger partial charge in [-0.15, -0.1) is 0 Å². The van der Waals surface area contributed by atoms with Crippen LogP contribution in [-0.4, -0.2) is 48.1 Å². The molecule has 0 radical (unpaired) electrons. The summed E-state index contributed by atoms with van der Waals surface area (Å²) in [4.78, 5) is 50.2. The molecule has 10 nitrogen and oxygen atoms in total. The number of carbonyl (C=O) groups is 3. The van der Waals surface area contributed by atoms with Crippen molar-refractivity contribution in [3.05, 3.63) is 33.9 Å². The van der Waals surface area contributed by atoms with Crippen molar-refractivity contribution in [3.8, 4) is 0 Å². The molecular weight excluding hydrogens is 440 g/mol. The quantitative estimate of drug-likeness (QED) is 0.371. The average molecular weight is 471 g/mol. The molecule has 0 spiro atoms. The van der Waals surface area contributed by atoms with Crippen LogP contribution < -0.4 is 15.5 Å². The van der Waals surface area contributed by atoms with Crippen LogP contribution >= 0.6 is 0 Å². The van der Waals surface area contributed by atoms with Crippen molar-refractivity contribution < 1.29 is 24.0 Å². The van der Waals surface area contributed by atoms with Gasteiger partial charge in [-0.25, -0.2) is 9.59 Å². The topological polar surface area (TPSA) is 131 Å². The molecule has 0 atom stereocenters. The number of imide groups is 1. The number of nitro groups is 1. The predicted octanol–water partition coefficient (Wildman–Crippen LogP) is 3.15. The number of esters is 1. The third kappa shape index (κ3) is 4.58. The van der Waals surface area contributed by atoms with Crippen LogP contribution in [0.5, 0.6) is 0 Å². The third-order valence-electron chi connectivity index (χ3n) is 7.86. The highest BCUT2D eigenvalue weighted by Crippen LogP contribution is 2.55. The number of amides is 3. The average Bonchev–Trinajstić information content (AvgIpc) is 3.30. The molecule has 6 rings (SSSR count). The maximum absolute atomic E-state index is 12.7. The van der Waals surface area contributed by atoms with Crippen LogP contribution in [0.1, 0.15) is 61.7 Å². The molecule has 3 amide bonds. The number of urea groups is 1. The molecule has 4 bridgehead atoms. The normalized spacial score (nSPS) is 29.1. The first-order chi connectivity index (χ1) is 16.3. The molecule has 1 heterocycles. The van der Waals surface area contributed by atoms with Gasteiger partial charge in [0.2, 0.25) is 0 Å². The van der Waals surface area contributed by atoms with Crippen molar-refractivity contribution in [3.63, 3.8) is 0 Å². The highest BCUT2D eigenvalue weighted by atomic mass is 16.6. The zero-order valence-electron chi connectivity index (χ0n) is 19.1. The van der Waals surface area contributed by atoms with E-state index in [1.807, 2.05) is 4.90 Å². The van der Waals surface area contributed by atoms with Gasteiger partial charge in [-0.2, -0.15) is 0 Å². The predicted molar refractivity (Wildman–Crippen MR) is 122 cm³/mol. The van der Waals surface area contributed by atoms with Gasteiger partial charge in [-0.3, -0.25) is 20.2 Å². The Morgan fingerprint density at radius 1 is 1.06 bits per heavy atom. The molecule has 5 fully saturated rings. The summed E-state index contributed by atoms with van der Waals surface area (Å²) in [6, 6.07) is 3.51. The summed E-state index contributed by atoms with van der Waals surface area (Å²) in [7, 11) is 0. The lowest BCUT2D eigenvalue weighted by Crippen LogP contribution is -2.62. The second-order valence-corrected chi connectivity index (χ2v) is 10.4. The molecule has 4 saturated carbocycles. The Labute approximate surface area is 197 Å². The number of benzene rings is 1. The minimum Gasteiger partial charge on any atom is -0.452 e. The molecule has 1 aromatic carbocycles. The zero-order valence-corrected chi connectivity index (χ0v) is 19.1. The molecule has 1 saturated heterocycles. The summed E-state index contributed by atoms with van der Waals surface area (Å²) in [5.41, 5.74) is 0.132. The standard InChI is InChI=1S/C24H30N4O6/c29-21(25-23(31)26-24-11-15-7-16(12-24)9-17(8-15)13-24)14-34-22(30)19-10-18(28(32)33)3-4-20(19)27-5-1-2-6-27/h3-4,10,15-17H,1-2,5-9,11-14H2,(H2,25,26,29,31). The molecule has 0 unspecified atom stereocenters. The van der Waals surface area contributed by atoms with E-state index in [4.69, 9.17) is 4.74 Å². The highest BCUT2D eigenvalue weighted by Gasteiger charge is 2.51. The van der Waals surface area contributed by atoms with Crippen LogP contribution in [0, 0.1) is 27.9 Å². The van der Waals surface area contributed by atoms with Crippen LogP contribution in [0.4, 0.5) is 16.2 Å². The summed E-state index contributed by atoms with van der Waals surface area (Å²) >= 11 is 0. The fourth-order valence-electron chi connectivity index (χ4n) is 6.94. The second kappa shape index (κ2) is 8.88. The van der Waals surface area contributed by atoms with E-state index in [9.17, 15) is 24.5 Å². The van der Waals surface area contributed by atoms with E-state index in [1.54, 1.807) is 6.07 Å². The Balaban J connectivity index is 1.18. The van der Waals surface area contributed by atoms with E-state index in [0.29, 0.717) is 23.4 Å². The second-order valence-electron chi connectivity index (χ2n) is 10.4. The van der Waals surface area contributed by atoms with Gasteiger partial charge in [0.15, 0.2) is 6.61 Å². The van der Waals surface area contributed by atoms with Crippen molar-refractivity contribution in [1.29, 1.82) is 0 Å². The number of non-ortho nitro benzene ring substituents is 1. The fourth-order valence-corrected chi connectivity index (χ4v) is 6.94. The van der Waals surface area contributed by atoms with Crippen LogP contribution in [0.15, 0.2) is 18.2 Å². The minimum absolute atomic E-state index is 0.0434. The highest BCUT2D eigenvalue weighted by molar-refractivity contribution is 5.99. The van der Waals surface area contributed by atoms with E-state index in [1.165, 1.54) is 31.4 Å². The summed E-state index contributed by atoms with van der Waals surface area (Å²) in [6.45, 7) is 0.835. The Hall–Kier alpha value is -3.17. The van der Waals surface area contributed by atoms with Crippen LogP contribution in [0.3, 0.4) is 0 Å². The molecule has 34 heavy (non-hydrogen) atoms. The van der Waals surface area contributed by atoms with Crippen LogP contribution in [0.2, 0.25) is 0 Å². The van der Waals surface area contributed by atoms with Crippen LogP contribution in [-0.2, 0) is 9.53 Å². The lowest BCUT2D eigenvalue weighted by molar-refractivity contribution is -0.384. The van der Waals surface area contributed by atoms with Crippen molar-refractivity contribution in [2.75, 3.05) is 24.6 Å². The minimum atomic E-state index is -0.831. The zero-order chi connectivity index (χ0) is 23.9. The fraction of sp³-hybridized carbons (Fsp3) is 0.625. The molecule has 10 heteroatoms. The van der Waals surface area contributed by atoms with Gasteiger partial charge in [0.1, 0.15) is 0 Å². The maximum Gasteiger partial charge on any atom is 0.341 e. The summed E-state index contributed by atoms with van der Waals surface area (Å²) < 4.78 is 5.14. The first-order valence-electron chi connectivity index (χ1n) is 12.1. The largest absolute Gasteiger partial charge is 0.452 e. The summed E-state index contributed by atoms with van der Waals surface area (Å²) in [6.07, 6.45) is 8.54. The summed E-state index contributed by atoms with van der Waals surface area (Å²) in [5, 5.41) is 16.5. The van der Waals surface area contributed by atoms with Crippen LogP contribution in [0.25, 0.3) is 0 Å². The van der Waals surface area contributed by atoms with E-state index in [2.05, 4.69) is 10.6 Å². The molecular formula is C24H30N4O6. The number of nitrogens with one attached hydrogen (secondary N) is 2. The van der Waals surface area contributed by atoms with Gasteiger partial charge in [0.05, 0.1) is 16.2 Å². The van der Waals surface area contributed by atoms with Gasteiger partial charge in [0.25, 0.3) is 11.6 Å². The SMILES string of the molecule is O=C(COC(=O)c1cc([N+](=O)[O-])ccc1N1CCCC1)NC(=O)NC12CC3CC(CC(C3)C1)C2. The number of anilines is 1. The smallest absolute Gasteiger partial charge is 0.341 e. The number of rotatable bonds is 6. The Morgan fingerprint density at radius 3 is 2.26 bits per heavy atom. The third-order valence-corrected chi connectivity index (χ3v) is 7.86. The number of hydrogen-bond acceptors (Lipinski definition) is 7. The van der Waals surface area contributed by atoms with E-state index < -0.39 is 29.4 Å². The van der Waals surface area contributed by atoms with Gasteiger partial charge >= 0.3 is 12.0 Å². The molecule has 4 aliphatic carbocycles.